The molecule has 0 bridgehead atoms. The Labute approximate surface area is 177 Å². The van der Waals surface area contributed by atoms with Crippen LogP contribution in [0.1, 0.15) is 18.5 Å². The lowest BCUT2D eigenvalue weighted by Gasteiger charge is -2.10. The molecule has 1 amide bonds. The largest absolute Gasteiger partial charge is 0.478 e. The molecule has 0 saturated carbocycles. The molecule has 1 aliphatic rings. The Morgan fingerprint density at radius 3 is 2.77 bits per heavy atom. The molecular formula is C22H21F2N5O2. The number of ether oxygens (including phenoxy) is 1. The smallest absolute Gasteiger partial charge is 0.245 e. The van der Waals surface area contributed by atoms with Gasteiger partial charge in [0.05, 0.1) is 11.1 Å². The molecule has 1 fully saturated rings. The van der Waals surface area contributed by atoms with E-state index >= 15 is 0 Å². The minimum Gasteiger partial charge on any atom is -0.478 e. The fourth-order valence-corrected chi connectivity index (χ4v) is 2.93. The van der Waals surface area contributed by atoms with E-state index in [0.717, 1.165) is 44.1 Å². The molecule has 1 aromatic carbocycles. The monoisotopic (exact) mass is 425 g/mol. The number of amides is 1. The Kier molecular flexibility index (Phi) is 7.17. The number of aromatic nitrogens is 3. The zero-order valence-electron chi connectivity index (χ0n) is 16.7. The van der Waals surface area contributed by atoms with Gasteiger partial charge in [-0.05, 0) is 43.0 Å². The van der Waals surface area contributed by atoms with Crippen LogP contribution in [0.2, 0.25) is 0 Å². The average Bonchev–Trinajstić information content (AvgIpc) is 3.44. The second kappa shape index (κ2) is 10.2. The number of likely N-dealkylation sites (tertiary alicyclic amines) is 1. The summed E-state index contributed by atoms with van der Waals surface area (Å²) < 4.78 is 31.4. The second-order valence-electron chi connectivity index (χ2n) is 6.61. The highest BCUT2D eigenvalue weighted by Crippen LogP contribution is 2.18. The van der Waals surface area contributed by atoms with Crippen molar-refractivity contribution in [1.82, 2.24) is 19.9 Å². The number of nitrogens with two attached hydrogens (primary N) is 1. The van der Waals surface area contributed by atoms with Crippen molar-refractivity contribution in [3.05, 3.63) is 60.6 Å². The first-order valence-corrected chi connectivity index (χ1v) is 9.55. The summed E-state index contributed by atoms with van der Waals surface area (Å²) in [5.41, 5.74) is 6.86. The van der Waals surface area contributed by atoms with Crippen molar-refractivity contribution in [2.45, 2.75) is 12.8 Å². The minimum absolute atomic E-state index is 0.0764. The number of rotatable bonds is 3. The fourth-order valence-electron chi connectivity index (χ4n) is 2.93. The van der Waals surface area contributed by atoms with Crippen LogP contribution in [0.3, 0.4) is 0 Å². The van der Waals surface area contributed by atoms with Crippen LogP contribution < -0.4 is 10.5 Å². The summed E-state index contributed by atoms with van der Waals surface area (Å²) in [6.45, 7) is 5.17. The van der Waals surface area contributed by atoms with Gasteiger partial charge in [0.15, 0.2) is 11.6 Å². The van der Waals surface area contributed by atoms with Crippen LogP contribution in [0, 0.1) is 23.5 Å². The summed E-state index contributed by atoms with van der Waals surface area (Å²) in [4.78, 5) is 23.5. The van der Waals surface area contributed by atoms with Crippen LogP contribution in [0.4, 0.5) is 14.6 Å². The van der Waals surface area contributed by atoms with Gasteiger partial charge in [0, 0.05) is 19.2 Å². The van der Waals surface area contributed by atoms with Crippen molar-refractivity contribution in [3.63, 3.8) is 0 Å². The van der Waals surface area contributed by atoms with Crippen LogP contribution >= 0.6 is 0 Å². The van der Waals surface area contributed by atoms with E-state index < -0.39 is 11.6 Å². The molecule has 3 N–H and O–H groups in total. The Bertz CT molecular complexity index is 1140. The van der Waals surface area contributed by atoms with Gasteiger partial charge in [-0.3, -0.25) is 4.79 Å². The molecule has 1 aliphatic heterocycles. The van der Waals surface area contributed by atoms with Crippen molar-refractivity contribution in [3.8, 4) is 17.6 Å². The summed E-state index contributed by atoms with van der Waals surface area (Å²) in [6.07, 6.45) is 5.03. The lowest BCUT2D eigenvalue weighted by atomic mass is 10.3. The third-order valence-corrected chi connectivity index (χ3v) is 4.46. The fraction of sp³-hybridized carbons (Fsp3) is 0.227. The number of benzene rings is 1. The van der Waals surface area contributed by atoms with Crippen LogP contribution in [0.15, 0.2) is 43.2 Å². The number of anilines is 1. The van der Waals surface area contributed by atoms with Gasteiger partial charge in [-0.1, -0.05) is 12.5 Å². The highest BCUT2D eigenvalue weighted by atomic mass is 19.1. The molecule has 160 valence electrons. The molecule has 3 aromatic rings. The van der Waals surface area contributed by atoms with Gasteiger partial charge in [-0.25, -0.2) is 18.7 Å². The van der Waals surface area contributed by atoms with Crippen molar-refractivity contribution in [2.75, 3.05) is 25.4 Å². The number of hydrogen-bond donors (Lipinski definition) is 2. The maximum atomic E-state index is 13.3. The Hall–Kier alpha value is -3.93. The van der Waals surface area contributed by atoms with E-state index in [-0.39, 0.29) is 18.3 Å². The van der Waals surface area contributed by atoms with Crippen LogP contribution in [-0.4, -0.2) is 45.5 Å². The Balaban J connectivity index is 0.000000254. The van der Waals surface area contributed by atoms with Crippen LogP contribution in [0.25, 0.3) is 11.0 Å². The minimum atomic E-state index is -0.642. The maximum absolute atomic E-state index is 13.3. The summed E-state index contributed by atoms with van der Waals surface area (Å²) in [7, 11) is 0. The SMILES string of the molecule is C=CC(=O)N1CCCC1.Nc1ncnc2[nH]c(C#CCOc3cc(F)ccc3F)cc12. The lowest BCUT2D eigenvalue weighted by molar-refractivity contribution is -0.124. The predicted octanol–water partition coefficient (Wildman–Crippen LogP) is 3.04. The molecule has 4 rings (SSSR count). The number of nitrogen functional groups attached to an aromatic ring is 1. The number of nitrogens with one attached hydrogen (secondary N) is 1. The zero-order chi connectivity index (χ0) is 22.2. The Morgan fingerprint density at radius 1 is 1.29 bits per heavy atom. The highest BCUT2D eigenvalue weighted by Gasteiger charge is 2.14. The van der Waals surface area contributed by atoms with Gasteiger partial charge in [0.25, 0.3) is 0 Å². The molecule has 0 unspecified atom stereocenters. The van der Waals surface area contributed by atoms with Crippen LogP contribution in [-0.2, 0) is 4.79 Å². The maximum Gasteiger partial charge on any atom is 0.245 e. The summed E-state index contributed by atoms with van der Waals surface area (Å²) in [5.74, 6) is 4.53. The van der Waals surface area contributed by atoms with Gasteiger partial charge in [-0.15, -0.1) is 0 Å². The number of halogens is 2. The second-order valence-corrected chi connectivity index (χ2v) is 6.61. The molecule has 0 radical (unpaired) electrons. The van der Waals surface area contributed by atoms with E-state index in [1.54, 1.807) is 6.07 Å². The topological polar surface area (TPSA) is 97.1 Å². The predicted molar refractivity (Wildman–Crippen MR) is 113 cm³/mol. The average molecular weight is 425 g/mol. The molecule has 0 aliphatic carbocycles. The summed E-state index contributed by atoms with van der Waals surface area (Å²) in [5, 5.41) is 0.670. The molecule has 3 heterocycles. The molecule has 9 heteroatoms. The summed E-state index contributed by atoms with van der Waals surface area (Å²) in [6, 6.07) is 4.69. The first kappa shape index (κ1) is 21.8. The van der Waals surface area contributed by atoms with Gasteiger partial charge in [0.2, 0.25) is 5.91 Å². The molecule has 2 aromatic heterocycles. The van der Waals surface area contributed by atoms with Gasteiger partial charge < -0.3 is 20.4 Å². The van der Waals surface area contributed by atoms with E-state index in [0.29, 0.717) is 22.5 Å². The number of aromatic amines is 1. The van der Waals surface area contributed by atoms with Crippen LogP contribution in [0.5, 0.6) is 5.75 Å². The Morgan fingerprint density at radius 2 is 2.06 bits per heavy atom. The quantitative estimate of drug-likeness (QED) is 0.497. The third kappa shape index (κ3) is 5.79. The van der Waals surface area contributed by atoms with E-state index in [1.165, 1.54) is 12.4 Å². The van der Waals surface area contributed by atoms with Gasteiger partial charge in [0.1, 0.15) is 30.2 Å². The number of hydrogen-bond acceptors (Lipinski definition) is 5. The number of carbonyl (C=O) groups is 1. The molecule has 7 nitrogen and oxygen atoms in total. The summed E-state index contributed by atoms with van der Waals surface area (Å²) >= 11 is 0. The van der Waals surface area contributed by atoms with E-state index in [2.05, 4.69) is 33.4 Å². The van der Waals surface area contributed by atoms with E-state index in [4.69, 9.17) is 10.5 Å². The van der Waals surface area contributed by atoms with Crippen molar-refractivity contribution < 1.29 is 18.3 Å². The molecule has 0 atom stereocenters. The van der Waals surface area contributed by atoms with E-state index in [9.17, 15) is 13.6 Å². The number of H-pyrrole nitrogens is 1. The molecular weight excluding hydrogens is 404 g/mol. The number of carbonyl (C=O) groups excluding carboxylic acids is 1. The zero-order valence-corrected chi connectivity index (χ0v) is 16.7. The van der Waals surface area contributed by atoms with Gasteiger partial charge in [-0.2, -0.15) is 0 Å². The third-order valence-electron chi connectivity index (χ3n) is 4.46. The molecule has 0 spiro atoms. The number of fused-ring (bicyclic) bond motifs is 1. The van der Waals surface area contributed by atoms with Gasteiger partial charge >= 0.3 is 0 Å². The molecule has 31 heavy (non-hydrogen) atoms. The normalized spacial score (nSPS) is 12.5. The van der Waals surface area contributed by atoms with Crippen molar-refractivity contribution in [2.24, 2.45) is 0 Å². The lowest BCUT2D eigenvalue weighted by Crippen LogP contribution is -2.25. The molecule has 1 saturated heterocycles. The number of nitrogens with zero attached hydrogens (tertiary/aromatic N) is 3. The standard InChI is InChI=1S/C15H10F2N4O.C7H11NO/c16-9-3-4-12(17)13(6-9)22-5-1-2-10-7-11-14(18)19-8-20-15(11)21-10;1-2-7(9)8-5-3-4-6-8/h3-4,6-8H,5H2,(H3,18,19,20,21);2H,1,3-6H2. The first-order valence-electron chi connectivity index (χ1n) is 9.55. The first-order chi connectivity index (χ1) is 15.0. The highest BCUT2D eigenvalue weighted by molar-refractivity contribution is 5.87. The van der Waals surface area contributed by atoms with Crippen molar-refractivity contribution in [1.29, 1.82) is 0 Å². The van der Waals surface area contributed by atoms with E-state index in [1.807, 2.05) is 4.90 Å². The van der Waals surface area contributed by atoms with Crippen molar-refractivity contribution >= 4 is 22.8 Å².